The molecule has 0 aromatic heterocycles. The van der Waals surface area contributed by atoms with E-state index in [0.717, 1.165) is 18.4 Å². The Bertz CT molecular complexity index is 1600. The zero-order valence-corrected chi connectivity index (χ0v) is 27.3. The van der Waals surface area contributed by atoms with Crippen LogP contribution in [0.5, 0.6) is 11.5 Å². The summed E-state index contributed by atoms with van der Waals surface area (Å²) in [7, 11) is 1.64. The van der Waals surface area contributed by atoms with Gasteiger partial charge in [-0.25, -0.2) is 9.59 Å². The maximum atomic E-state index is 12.9. The largest absolute Gasteiger partial charge is 0.494 e. The lowest BCUT2D eigenvalue weighted by Gasteiger charge is -2.16. The highest BCUT2D eigenvalue weighted by molar-refractivity contribution is 5.98. The Morgan fingerprint density at radius 1 is 0.854 bits per heavy atom. The Labute approximate surface area is 280 Å². The molecule has 252 valence electrons. The molecule has 3 N–H and O–H groups in total. The number of ether oxygens (including phenoxy) is 3. The van der Waals surface area contributed by atoms with Crippen LogP contribution in [0, 0.1) is 0 Å². The lowest BCUT2D eigenvalue weighted by atomic mass is 10.0. The highest BCUT2D eigenvalue weighted by atomic mass is 16.5. The van der Waals surface area contributed by atoms with Crippen molar-refractivity contribution in [2.24, 2.45) is 0 Å². The summed E-state index contributed by atoms with van der Waals surface area (Å²) in [5.74, 6) is -1.74. The zero-order chi connectivity index (χ0) is 34.3. The summed E-state index contributed by atoms with van der Waals surface area (Å²) >= 11 is 0. The van der Waals surface area contributed by atoms with Gasteiger partial charge in [-0.3, -0.25) is 9.59 Å². The number of amides is 2. The number of aliphatic carboxylic acids is 1. The van der Waals surface area contributed by atoms with Crippen molar-refractivity contribution in [2.75, 3.05) is 19.0 Å². The molecular weight excluding hydrogens is 612 g/mol. The van der Waals surface area contributed by atoms with E-state index in [0.29, 0.717) is 35.6 Å². The van der Waals surface area contributed by atoms with Crippen LogP contribution < -0.4 is 20.1 Å². The predicted molar refractivity (Wildman–Crippen MR) is 182 cm³/mol. The van der Waals surface area contributed by atoms with Gasteiger partial charge in [-0.1, -0.05) is 63.0 Å². The molecule has 0 bridgehead atoms. The van der Waals surface area contributed by atoms with E-state index in [1.54, 1.807) is 43.5 Å². The summed E-state index contributed by atoms with van der Waals surface area (Å²) in [6.45, 7) is 2.80. The second kappa shape index (κ2) is 18.2. The van der Waals surface area contributed by atoms with Crippen LogP contribution in [0.25, 0.3) is 0 Å². The van der Waals surface area contributed by atoms with Crippen molar-refractivity contribution in [2.45, 2.75) is 64.0 Å². The molecule has 2 amide bonds. The normalized spacial score (nSPS) is 14.4. The van der Waals surface area contributed by atoms with Crippen LogP contribution in [0.2, 0.25) is 0 Å². The Kier molecular flexibility index (Phi) is 13.5. The number of unbranched alkanes of at least 4 members (excludes halogenated alkanes) is 4. The molecule has 3 aromatic carbocycles. The zero-order valence-electron chi connectivity index (χ0n) is 27.3. The fourth-order valence-corrected chi connectivity index (χ4v) is 5.03. The molecule has 1 aliphatic rings. The molecular formula is C38H42N2O8. The van der Waals surface area contributed by atoms with Gasteiger partial charge in [-0.15, -0.1) is 0 Å². The van der Waals surface area contributed by atoms with E-state index in [9.17, 15) is 24.3 Å². The Morgan fingerprint density at radius 2 is 1.52 bits per heavy atom. The van der Waals surface area contributed by atoms with Crippen molar-refractivity contribution in [3.05, 3.63) is 113 Å². The van der Waals surface area contributed by atoms with Crippen molar-refractivity contribution in [3.8, 4) is 11.5 Å². The molecule has 48 heavy (non-hydrogen) atoms. The predicted octanol–water partition coefficient (Wildman–Crippen LogP) is 7.04. The first-order valence-corrected chi connectivity index (χ1v) is 16.1. The van der Waals surface area contributed by atoms with Crippen LogP contribution in [0.4, 0.5) is 5.69 Å². The Morgan fingerprint density at radius 3 is 2.15 bits per heavy atom. The molecule has 0 spiro atoms. The van der Waals surface area contributed by atoms with Crippen LogP contribution in [0.3, 0.4) is 0 Å². The Balaban J connectivity index is 1.26. The van der Waals surface area contributed by atoms with E-state index in [4.69, 9.17) is 14.2 Å². The fraction of sp³-hybridized carbons (Fsp3) is 0.316. The van der Waals surface area contributed by atoms with Gasteiger partial charge in [0, 0.05) is 18.4 Å². The summed E-state index contributed by atoms with van der Waals surface area (Å²) in [6, 6.07) is 17.4. The molecule has 1 aliphatic carbocycles. The minimum Gasteiger partial charge on any atom is -0.494 e. The number of rotatable bonds is 17. The van der Waals surface area contributed by atoms with Crippen LogP contribution >= 0.6 is 0 Å². The molecule has 0 fully saturated rings. The lowest BCUT2D eigenvalue weighted by Crippen LogP contribution is -2.33. The first-order valence-electron chi connectivity index (χ1n) is 16.1. The van der Waals surface area contributed by atoms with Gasteiger partial charge in [-0.05, 0) is 84.6 Å². The van der Waals surface area contributed by atoms with Crippen LogP contribution in [-0.4, -0.2) is 48.7 Å². The number of carbonyl (C=O) groups is 4. The van der Waals surface area contributed by atoms with E-state index < -0.39 is 23.9 Å². The number of hydrogen-bond donors (Lipinski definition) is 3. The number of allylic oxidation sites excluding steroid dienone is 1. The van der Waals surface area contributed by atoms with Crippen molar-refractivity contribution >= 4 is 29.4 Å². The number of esters is 1. The number of carboxylic acid groups (broad SMARTS) is 1. The number of carboxylic acids is 1. The van der Waals surface area contributed by atoms with Crippen molar-refractivity contribution in [1.29, 1.82) is 0 Å². The molecule has 0 saturated heterocycles. The van der Waals surface area contributed by atoms with Crippen molar-refractivity contribution in [3.63, 3.8) is 0 Å². The molecule has 1 unspecified atom stereocenters. The van der Waals surface area contributed by atoms with E-state index in [1.807, 2.05) is 18.2 Å². The fourth-order valence-electron chi connectivity index (χ4n) is 5.03. The van der Waals surface area contributed by atoms with E-state index >= 15 is 0 Å². The van der Waals surface area contributed by atoms with Gasteiger partial charge in [0.2, 0.25) is 5.91 Å². The summed E-state index contributed by atoms with van der Waals surface area (Å²) in [4.78, 5) is 50.1. The molecule has 10 nitrogen and oxygen atoms in total. The monoisotopic (exact) mass is 654 g/mol. The first-order chi connectivity index (χ1) is 23.2. The van der Waals surface area contributed by atoms with Gasteiger partial charge in [0.1, 0.15) is 11.5 Å². The summed E-state index contributed by atoms with van der Waals surface area (Å²) < 4.78 is 16.5. The average Bonchev–Trinajstić information content (AvgIpc) is 3.09. The second-order valence-corrected chi connectivity index (χ2v) is 11.4. The first kappa shape index (κ1) is 35.6. The van der Waals surface area contributed by atoms with Gasteiger partial charge < -0.3 is 30.0 Å². The third-order valence-corrected chi connectivity index (χ3v) is 7.79. The number of carbonyl (C=O) groups excluding carboxylic acids is 3. The highest BCUT2D eigenvalue weighted by Crippen LogP contribution is 2.22. The highest BCUT2D eigenvalue weighted by Gasteiger charge is 2.23. The number of hydrogen-bond acceptors (Lipinski definition) is 7. The van der Waals surface area contributed by atoms with E-state index in [2.05, 4.69) is 17.6 Å². The smallest absolute Gasteiger partial charge is 0.343 e. The molecule has 0 aliphatic heterocycles. The van der Waals surface area contributed by atoms with E-state index in [-0.39, 0.29) is 29.7 Å². The summed E-state index contributed by atoms with van der Waals surface area (Å²) in [6.07, 6.45) is 12.4. The molecule has 0 heterocycles. The number of anilines is 1. The molecule has 0 radical (unpaired) electrons. The second-order valence-electron chi connectivity index (χ2n) is 11.4. The van der Waals surface area contributed by atoms with Crippen LogP contribution in [-0.2, 0) is 14.3 Å². The average molecular weight is 655 g/mol. The van der Waals surface area contributed by atoms with E-state index in [1.165, 1.54) is 55.7 Å². The van der Waals surface area contributed by atoms with Gasteiger partial charge in [-0.2, -0.15) is 0 Å². The topological polar surface area (TPSA) is 140 Å². The molecule has 2 atom stereocenters. The third kappa shape index (κ3) is 10.9. The van der Waals surface area contributed by atoms with Crippen molar-refractivity contribution in [1.82, 2.24) is 5.32 Å². The minimum atomic E-state index is -1.35. The number of benzene rings is 3. The quantitative estimate of drug-likeness (QED) is 0.0800. The lowest BCUT2D eigenvalue weighted by molar-refractivity contribution is -0.139. The molecule has 10 heteroatoms. The maximum absolute atomic E-state index is 12.9. The van der Waals surface area contributed by atoms with Gasteiger partial charge >= 0.3 is 11.9 Å². The van der Waals surface area contributed by atoms with Crippen molar-refractivity contribution < 1.29 is 38.5 Å². The molecule has 3 aromatic rings. The third-order valence-electron chi connectivity index (χ3n) is 7.79. The SMILES string of the molecule is CCCCCCCOc1ccc(C(=O)Oc2ccc([C@H](NC(=O)c3ccc(NC(=O)CC4=CCC(OC)C=C4)cc3)C(=O)O)cc2)cc1. The van der Waals surface area contributed by atoms with Crippen LogP contribution in [0.1, 0.15) is 84.2 Å². The maximum Gasteiger partial charge on any atom is 0.343 e. The number of methoxy groups -OCH3 is 1. The van der Waals surface area contributed by atoms with Gasteiger partial charge in [0.25, 0.3) is 5.91 Å². The number of nitrogens with one attached hydrogen (secondary N) is 2. The summed E-state index contributed by atoms with van der Waals surface area (Å²) in [5, 5.41) is 15.2. The van der Waals surface area contributed by atoms with Gasteiger partial charge in [0.05, 0.1) is 24.7 Å². The van der Waals surface area contributed by atoms with Gasteiger partial charge in [0.15, 0.2) is 6.04 Å². The Hall–Kier alpha value is -5.22. The van der Waals surface area contributed by atoms with Crippen LogP contribution in [0.15, 0.2) is 96.6 Å². The summed E-state index contributed by atoms with van der Waals surface area (Å²) in [5.41, 5.74) is 2.25. The standard InChI is InChI=1S/C38H42N2O8/c1-3-4-5-6-7-24-47-32-20-14-29(15-21-32)38(45)48-33-22-12-27(13-23-33)35(37(43)44)40-36(42)28-10-16-30(17-11-28)39-34(41)25-26-8-18-31(46-2)19-9-26/h8-18,20-23,31,35H,3-7,19,24-25H2,1-2H3,(H,39,41)(H,40,42)(H,43,44)/t31?,35-/m0/s1. The molecule has 0 saturated carbocycles. The minimum absolute atomic E-state index is 0.0186. The molecule has 4 rings (SSSR count).